The van der Waals surface area contributed by atoms with Crippen molar-refractivity contribution >= 4 is 27.4 Å². The molecule has 2 aromatic carbocycles. The lowest BCUT2D eigenvalue weighted by Crippen LogP contribution is -2.26. The van der Waals surface area contributed by atoms with Crippen molar-refractivity contribution in [3.8, 4) is 22.3 Å². The summed E-state index contributed by atoms with van der Waals surface area (Å²) in [6, 6.07) is 19.3. The van der Waals surface area contributed by atoms with Crippen molar-refractivity contribution in [1.29, 1.82) is 0 Å². The molecule has 0 radical (unpaired) electrons. The molecule has 0 spiro atoms. The summed E-state index contributed by atoms with van der Waals surface area (Å²) in [4.78, 5) is 12.7. The third-order valence-corrected chi connectivity index (χ3v) is 5.83. The second kappa shape index (κ2) is 8.53. The topological polar surface area (TPSA) is 29.0 Å². The predicted octanol–water partition coefficient (Wildman–Crippen LogP) is 6.65. The molecule has 0 aliphatic rings. The van der Waals surface area contributed by atoms with Crippen molar-refractivity contribution in [3.05, 3.63) is 66.3 Å². The number of hydrogen-bond acceptors (Lipinski definition) is 4. The Hall–Kier alpha value is -2.72. The highest BCUT2D eigenvalue weighted by atomic mass is 32.1. The highest BCUT2D eigenvalue weighted by molar-refractivity contribution is 7.17. The molecule has 0 N–H and O–H groups in total. The molecule has 0 bridgehead atoms. The van der Waals surface area contributed by atoms with Gasteiger partial charge < -0.3 is 4.90 Å². The minimum absolute atomic E-state index is 1.02. The SMILES string of the molecule is CCCN(CCC)c1ncnc2scc(-c3ccc(-c4ccccc4)cc3)c12. The summed E-state index contributed by atoms with van der Waals surface area (Å²) >= 11 is 1.70. The zero-order valence-electron chi connectivity index (χ0n) is 16.4. The van der Waals surface area contributed by atoms with Crippen molar-refractivity contribution in [1.82, 2.24) is 9.97 Å². The van der Waals surface area contributed by atoms with Gasteiger partial charge in [0.25, 0.3) is 0 Å². The lowest BCUT2D eigenvalue weighted by Gasteiger charge is -2.23. The first-order chi connectivity index (χ1) is 13.8. The fourth-order valence-electron chi connectivity index (χ4n) is 3.65. The summed E-state index contributed by atoms with van der Waals surface area (Å²) in [5, 5.41) is 3.40. The van der Waals surface area contributed by atoms with Gasteiger partial charge >= 0.3 is 0 Å². The zero-order valence-corrected chi connectivity index (χ0v) is 17.2. The summed E-state index contributed by atoms with van der Waals surface area (Å²) in [5.41, 5.74) is 4.92. The van der Waals surface area contributed by atoms with Crippen LogP contribution in [0.3, 0.4) is 0 Å². The molecule has 0 atom stereocenters. The highest BCUT2D eigenvalue weighted by Crippen LogP contribution is 2.38. The lowest BCUT2D eigenvalue weighted by molar-refractivity contribution is 0.736. The zero-order chi connectivity index (χ0) is 19.3. The van der Waals surface area contributed by atoms with E-state index in [0.717, 1.165) is 36.6 Å². The van der Waals surface area contributed by atoms with Gasteiger partial charge in [-0.3, -0.25) is 0 Å². The minimum Gasteiger partial charge on any atom is -0.356 e. The van der Waals surface area contributed by atoms with Crippen LogP contribution in [0, 0.1) is 0 Å². The molecular weight excluding hydrogens is 362 g/mol. The van der Waals surface area contributed by atoms with E-state index in [0.29, 0.717) is 0 Å². The Kier molecular flexibility index (Phi) is 5.68. The van der Waals surface area contributed by atoms with Crippen LogP contribution >= 0.6 is 11.3 Å². The maximum absolute atomic E-state index is 4.69. The van der Waals surface area contributed by atoms with Crippen molar-refractivity contribution in [2.24, 2.45) is 0 Å². The smallest absolute Gasteiger partial charge is 0.141 e. The van der Waals surface area contributed by atoms with E-state index < -0.39 is 0 Å². The van der Waals surface area contributed by atoms with E-state index in [1.807, 2.05) is 0 Å². The molecular formula is C24H25N3S. The number of benzene rings is 2. The fourth-order valence-corrected chi connectivity index (χ4v) is 4.56. The molecule has 0 amide bonds. The first kappa shape index (κ1) is 18.6. The Morgan fingerprint density at radius 2 is 1.43 bits per heavy atom. The molecule has 2 heterocycles. The van der Waals surface area contributed by atoms with E-state index in [1.54, 1.807) is 17.7 Å². The van der Waals surface area contributed by atoms with Crippen LogP contribution in [0.1, 0.15) is 26.7 Å². The lowest BCUT2D eigenvalue weighted by atomic mass is 10.0. The first-order valence-corrected chi connectivity index (χ1v) is 10.8. The number of aromatic nitrogens is 2. The largest absolute Gasteiger partial charge is 0.356 e. The standard InChI is InChI=1S/C24H25N3S/c1-3-14-27(15-4-2)23-22-21(16-28-24(22)26-17-25-23)20-12-10-19(11-13-20)18-8-6-5-7-9-18/h5-13,16-17H,3-4,14-15H2,1-2H3. The van der Waals surface area contributed by atoms with Crippen molar-refractivity contribution in [3.63, 3.8) is 0 Å². The van der Waals surface area contributed by atoms with Crippen LogP contribution < -0.4 is 4.90 Å². The third-order valence-electron chi connectivity index (χ3n) is 4.94. The van der Waals surface area contributed by atoms with Crippen molar-refractivity contribution in [2.45, 2.75) is 26.7 Å². The fraction of sp³-hybridized carbons (Fsp3) is 0.250. The van der Waals surface area contributed by atoms with E-state index in [1.165, 1.54) is 27.6 Å². The quantitative estimate of drug-likeness (QED) is 0.355. The van der Waals surface area contributed by atoms with Crippen LogP contribution in [0.15, 0.2) is 66.3 Å². The van der Waals surface area contributed by atoms with Crippen LogP contribution in [0.4, 0.5) is 5.82 Å². The predicted molar refractivity (Wildman–Crippen MR) is 121 cm³/mol. The molecule has 0 saturated carbocycles. The Balaban J connectivity index is 1.77. The molecule has 0 aliphatic heterocycles. The summed E-state index contributed by atoms with van der Waals surface area (Å²) in [6.07, 6.45) is 3.92. The maximum Gasteiger partial charge on any atom is 0.141 e. The molecule has 0 aliphatic carbocycles. The monoisotopic (exact) mass is 387 g/mol. The van der Waals surface area contributed by atoms with Crippen LogP contribution in [0.25, 0.3) is 32.5 Å². The number of rotatable bonds is 7. The second-order valence-corrected chi connectivity index (χ2v) is 7.82. The van der Waals surface area contributed by atoms with E-state index in [9.17, 15) is 0 Å². The summed E-state index contributed by atoms with van der Waals surface area (Å²) < 4.78 is 0. The average Bonchev–Trinajstić information content (AvgIpc) is 3.19. The average molecular weight is 388 g/mol. The van der Waals surface area contributed by atoms with Crippen molar-refractivity contribution < 1.29 is 0 Å². The van der Waals surface area contributed by atoms with Gasteiger partial charge in [-0.05, 0) is 29.5 Å². The van der Waals surface area contributed by atoms with Crippen LogP contribution in [-0.2, 0) is 0 Å². The Morgan fingerprint density at radius 3 is 2.11 bits per heavy atom. The summed E-state index contributed by atoms with van der Waals surface area (Å²) in [5.74, 6) is 1.07. The Labute approximate surface area is 170 Å². The van der Waals surface area contributed by atoms with Gasteiger partial charge in [0.15, 0.2) is 0 Å². The van der Waals surface area contributed by atoms with Gasteiger partial charge in [-0.2, -0.15) is 0 Å². The normalized spacial score (nSPS) is 11.1. The molecule has 142 valence electrons. The number of anilines is 1. The molecule has 28 heavy (non-hydrogen) atoms. The van der Waals surface area contributed by atoms with Gasteiger partial charge in [0, 0.05) is 24.0 Å². The van der Waals surface area contributed by atoms with Crippen LogP contribution in [-0.4, -0.2) is 23.1 Å². The number of nitrogens with zero attached hydrogens (tertiary/aromatic N) is 3. The van der Waals surface area contributed by atoms with E-state index >= 15 is 0 Å². The minimum atomic E-state index is 1.02. The molecule has 4 rings (SSSR count). The first-order valence-electron chi connectivity index (χ1n) is 9.94. The van der Waals surface area contributed by atoms with Gasteiger partial charge in [-0.15, -0.1) is 11.3 Å². The number of fused-ring (bicyclic) bond motifs is 1. The van der Waals surface area contributed by atoms with E-state index in [4.69, 9.17) is 0 Å². The van der Waals surface area contributed by atoms with Crippen LogP contribution in [0.2, 0.25) is 0 Å². The van der Waals surface area contributed by atoms with Gasteiger partial charge in [0.2, 0.25) is 0 Å². The van der Waals surface area contributed by atoms with Gasteiger partial charge in [0.1, 0.15) is 17.0 Å². The molecule has 4 aromatic rings. The summed E-state index contributed by atoms with van der Waals surface area (Å²) in [7, 11) is 0. The number of hydrogen-bond donors (Lipinski definition) is 0. The Morgan fingerprint density at radius 1 is 0.786 bits per heavy atom. The van der Waals surface area contributed by atoms with Gasteiger partial charge in [-0.1, -0.05) is 68.4 Å². The molecule has 3 nitrogen and oxygen atoms in total. The van der Waals surface area contributed by atoms with E-state index in [2.05, 4.69) is 88.7 Å². The van der Waals surface area contributed by atoms with Gasteiger partial charge in [0.05, 0.1) is 5.39 Å². The molecule has 0 fully saturated rings. The van der Waals surface area contributed by atoms with Gasteiger partial charge in [-0.25, -0.2) is 9.97 Å². The Bertz CT molecular complexity index is 1030. The second-order valence-electron chi connectivity index (χ2n) is 6.96. The highest BCUT2D eigenvalue weighted by Gasteiger charge is 2.17. The molecule has 4 heteroatoms. The molecule has 0 saturated heterocycles. The summed E-state index contributed by atoms with van der Waals surface area (Å²) in [6.45, 7) is 6.47. The van der Waals surface area contributed by atoms with Crippen LogP contribution in [0.5, 0.6) is 0 Å². The third kappa shape index (κ3) is 3.65. The molecule has 0 unspecified atom stereocenters. The maximum atomic E-state index is 4.69. The molecule has 2 aromatic heterocycles. The van der Waals surface area contributed by atoms with Crippen molar-refractivity contribution in [2.75, 3.05) is 18.0 Å². The van der Waals surface area contributed by atoms with E-state index in [-0.39, 0.29) is 0 Å². The number of thiophene rings is 1.